The van der Waals surface area contributed by atoms with Crippen molar-refractivity contribution in [3.05, 3.63) is 64.8 Å². The lowest BCUT2D eigenvalue weighted by atomic mass is 9.87. The van der Waals surface area contributed by atoms with Crippen molar-refractivity contribution in [2.75, 3.05) is 23.7 Å². The van der Waals surface area contributed by atoms with Gasteiger partial charge in [-0.3, -0.25) is 4.84 Å². The van der Waals surface area contributed by atoms with Crippen molar-refractivity contribution in [3.8, 4) is 5.75 Å². The van der Waals surface area contributed by atoms with Crippen LogP contribution in [0.15, 0.2) is 42.6 Å². The fourth-order valence-electron chi connectivity index (χ4n) is 4.65. The minimum absolute atomic E-state index is 0.0553. The Morgan fingerprint density at radius 2 is 1.74 bits per heavy atom. The highest BCUT2D eigenvalue weighted by molar-refractivity contribution is 5.68. The molecule has 3 aromatic rings. The van der Waals surface area contributed by atoms with Crippen LogP contribution in [0, 0.1) is 13.8 Å². The number of ether oxygens (including phenoxy) is 1. The summed E-state index contributed by atoms with van der Waals surface area (Å²) in [4.78, 5) is 15.1. The Hall–Kier alpha value is -3.20. The van der Waals surface area contributed by atoms with E-state index in [1.54, 1.807) is 0 Å². The first kappa shape index (κ1) is 27.8. The number of aromatic nitrogens is 2. The summed E-state index contributed by atoms with van der Waals surface area (Å²) in [6.07, 6.45) is 4.16. The first-order valence-electron chi connectivity index (χ1n) is 13.6. The van der Waals surface area contributed by atoms with Crippen LogP contribution in [-0.2, 0) is 11.4 Å². The van der Waals surface area contributed by atoms with Crippen LogP contribution in [0.1, 0.15) is 68.7 Å². The monoisotopic (exact) mass is 518 g/mol. The number of hydrogen-bond acceptors (Lipinski definition) is 8. The van der Waals surface area contributed by atoms with Crippen LogP contribution in [0.3, 0.4) is 0 Å². The molecular formula is C30H42N6O2. The molecular weight excluding hydrogens is 476 g/mol. The molecule has 2 heterocycles. The van der Waals surface area contributed by atoms with Crippen LogP contribution in [0.5, 0.6) is 5.75 Å². The molecule has 1 fully saturated rings. The summed E-state index contributed by atoms with van der Waals surface area (Å²) in [7, 11) is 0. The topological polar surface area (TPSA) is 92.4 Å². The minimum Gasteiger partial charge on any atom is -0.489 e. The molecule has 8 nitrogen and oxygen atoms in total. The van der Waals surface area contributed by atoms with Gasteiger partial charge < -0.3 is 20.7 Å². The third kappa shape index (κ3) is 7.43. The van der Waals surface area contributed by atoms with Gasteiger partial charge in [0.2, 0.25) is 5.95 Å². The van der Waals surface area contributed by atoms with Gasteiger partial charge in [0, 0.05) is 29.1 Å². The predicted octanol–water partition coefficient (Wildman–Crippen LogP) is 6.26. The van der Waals surface area contributed by atoms with E-state index in [4.69, 9.17) is 14.6 Å². The lowest BCUT2D eigenvalue weighted by Crippen LogP contribution is -2.27. The molecule has 1 aliphatic rings. The Bertz CT molecular complexity index is 1210. The van der Waals surface area contributed by atoms with Gasteiger partial charge in [0.05, 0.1) is 18.4 Å². The highest BCUT2D eigenvalue weighted by Gasteiger charge is 2.20. The molecule has 204 valence electrons. The third-order valence-corrected chi connectivity index (χ3v) is 6.55. The summed E-state index contributed by atoms with van der Waals surface area (Å²) in [5.41, 5.74) is 9.44. The highest BCUT2D eigenvalue weighted by atomic mass is 16.6. The fraction of sp³-hybridized carbons (Fsp3) is 0.467. The van der Waals surface area contributed by atoms with Gasteiger partial charge in [-0.15, -0.1) is 0 Å². The number of benzene rings is 2. The summed E-state index contributed by atoms with van der Waals surface area (Å²) >= 11 is 0. The molecule has 1 aliphatic heterocycles. The van der Waals surface area contributed by atoms with Gasteiger partial charge in [0.25, 0.3) is 0 Å². The molecule has 0 atom stereocenters. The summed E-state index contributed by atoms with van der Waals surface area (Å²) in [6.45, 7) is 14.9. The fourth-order valence-corrected chi connectivity index (χ4v) is 4.65. The third-order valence-electron chi connectivity index (χ3n) is 6.55. The Morgan fingerprint density at radius 3 is 2.47 bits per heavy atom. The molecule has 4 rings (SSSR count). The van der Waals surface area contributed by atoms with E-state index in [1.165, 1.54) is 11.1 Å². The van der Waals surface area contributed by atoms with Crippen LogP contribution >= 0.6 is 0 Å². The van der Waals surface area contributed by atoms with E-state index in [-0.39, 0.29) is 12.1 Å². The van der Waals surface area contributed by atoms with Crippen LogP contribution in [0.2, 0.25) is 0 Å². The molecule has 2 aromatic carbocycles. The lowest BCUT2D eigenvalue weighted by Gasteiger charge is -2.26. The van der Waals surface area contributed by atoms with Gasteiger partial charge in [-0.05, 0) is 103 Å². The molecule has 1 aromatic heterocycles. The number of nitrogens with one attached hydrogen (secondary N) is 4. The first-order valence-corrected chi connectivity index (χ1v) is 13.6. The number of para-hydroxylation sites is 1. The second kappa shape index (κ2) is 13.0. The van der Waals surface area contributed by atoms with E-state index >= 15 is 0 Å². The molecule has 1 saturated heterocycles. The molecule has 0 amide bonds. The lowest BCUT2D eigenvalue weighted by molar-refractivity contribution is 0.0117. The first-order chi connectivity index (χ1) is 18.3. The number of piperidine rings is 1. The zero-order valence-electron chi connectivity index (χ0n) is 23.5. The Kier molecular flexibility index (Phi) is 9.55. The van der Waals surface area contributed by atoms with Gasteiger partial charge in [-0.25, -0.2) is 4.98 Å². The van der Waals surface area contributed by atoms with Gasteiger partial charge >= 0.3 is 0 Å². The second-order valence-electron chi connectivity index (χ2n) is 10.6. The maximum atomic E-state index is 6.19. The number of hydrogen-bond donors (Lipinski definition) is 4. The minimum atomic E-state index is 0.0553. The largest absolute Gasteiger partial charge is 0.489 e. The average molecular weight is 519 g/mol. The van der Waals surface area contributed by atoms with Crippen molar-refractivity contribution in [3.63, 3.8) is 0 Å². The van der Waals surface area contributed by atoms with Crippen molar-refractivity contribution in [2.24, 2.45) is 0 Å². The van der Waals surface area contributed by atoms with E-state index in [9.17, 15) is 0 Å². The molecule has 0 unspecified atom stereocenters. The van der Waals surface area contributed by atoms with E-state index in [2.05, 4.69) is 45.5 Å². The number of aryl methyl sites for hydroxylation is 2. The zero-order valence-corrected chi connectivity index (χ0v) is 23.5. The summed E-state index contributed by atoms with van der Waals surface area (Å²) < 4.78 is 6.19. The standard InChI is InChI=1S/C30H42N6O2/c1-19(2)36-37-18-24-9-7-8-10-26(24)33-29-22(6)17-32-30(35-29)34-27-16-25(23-11-13-31-14-12-23)21(5)15-28(27)38-20(3)4/h7-10,15-17,19-20,23,31,36H,11-14,18H2,1-6H3,(H2,32,33,34,35). The number of hydroxylamine groups is 1. The van der Waals surface area contributed by atoms with E-state index < -0.39 is 0 Å². The number of anilines is 4. The van der Waals surface area contributed by atoms with Crippen LogP contribution < -0.4 is 26.2 Å². The summed E-state index contributed by atoms with van der Waals surface area (Å²) in [5.74, 6) is 2.60. The van der Waals surface area contributed by atoms with Crippen LogP contribution in [0.4, 0.5) is 23.1 Å². The Morgan fingerprint density at radius 1 is 0.974 bits per heavy atom. The maximum Gasteiger partial charge on any atom is 0.229 e. The average Bonchev–Trinajstić information content (AvgIpc) is 2.88. The van der Waals surface area contributed by atoms with Gasteiger partial charge in [0.1, 0.15) is 11.6 Å². The van der Waals surface area contributed by atoms with Crippen LogP contribution in [0.25, 0.3) is 0 Å². The smallest absolute Gasteiger partial charge is 0.229 e. The van der Waals surface area contributed by atoms with Crippen molar-refractivity contribution in [1.29, 1.82) is 0 Å². The van der Waals surface area contributed by atoms with Gasteiger partial charge in [-0.1, -0.05) is 18.2 Å². The molecule has 38 heavy (non-hydrogen) atoms. The molecule has 4 N–H and O–H groups in total. The molecule has 0 radical (unpaired) electrons. The quantitative estimate of drug-likeness (QED) is 0.221. The predicted molar refractivity (Wildman–Crippen MR) is 155 cm³/mol. The van der Waals surface area contributed by atoms with Crippen LogP contribution in [-0.4, -0.2) is 35.2 Å². The molecule has 0 saturated carbocycles. The second-order valence-corrected chi connectivity index (χ2v) is 10.6. The van der Waals surface area contributed by atoms with Gasteiger partial charge in [-0.2, -0.15) is 10.5 Å². The van der Waals surface area contributed by atoms with Crippen molar-refractivity contribution in [1.82, 2.24) is 20.8 Å². The van der Waals surface area contributed by atoms with Gasteiger partial charge in [0.15, 0.2) is 0 Å². The van der Waals surface area contributed by atoms with Crippen molar-refractivity contribution >= 4 is 23.1 Å². The van der Waals surface area contributed by atoms with E-state index in [1.807, 2.05) is 65.1 Å². The Labute approximate surface area is 226 Å². The maximum absolute atomic E-state index is 6.19. The van der Waals surface area contributed by atoms with E-state index in [0.717, 1.165) is 60.0 Å². The zero-order chi connectivity index (χ0) is 27.1. The molecule has 0 spiro atoms. The summed E-state index contributed by atoms with van der Waals surface area (Å²) in [6, 6.07) is 12.7. The molecule has 0 aliphatic carbocycles. The van der Waals surface area contributed by atoms with Crippen molar-refractivity contribution in [2.45, 2.75) is 79.1 Å². The molecule has 8 heteroatoms. The summed E-state index contributed by atoms with van der Waals surface area (Å²) in [5, 5.41) is 10.4. The highest BCUT2D eigenvalue weighted by Crippen LogP contribution is 2.37. The van der Waals surface area contributed by atoms with Crippen molar-refractivity contribution < 1.29 is 9.57 Å². The molecule has 0 bridgehead atoms. The SMILES string of the molecule is Cc1cc(OC(C)C)c(Nc2ncc(C)c(Nc3ccccc3CONC(C)C)n2)cc1C1CCNCC1. The van der Waals surface area contributed by atoms with E-state index in [0.29, 0.717) is 18.5 Å². The number of rotatable bonds is 11. The Balaban J connectivity index is 1.60. The number of nitrogens with zero attached hydrogens (tertiary/aromatic N) is 2. The normalized spacial score (nSPS) is 14.2.